The normalized spacial score (nSPS) is 10.6. The fraction of sp³-hybridized carbons (Fsp3) is 0.294. The molecule has 2 aromatic heterocycles. The van der Waals surface area contributed by atoms with Crippen LogP contribution in [0.4, 0.5) is 9.80 Å². The van der Waals surface area contributed by atoms with E-state index in [0.717, 1.165) is 33.7 Å². The Hall–Kier alpha value is -3.14. The number of hydrogen-bond acceptors (Lipinski definition) is 7. The lowest BCUT2D eigenvalue weighted by Gasteiger charge is -2.07. The van der Waals surface area contributed by atoms with Crippen LogP contribution in [0.25, 0.3) is 10.9 Å². The highest BCUT2D eigenvalue weighted by Crippen LogP contribution is 2.24. The number of urea groups is 1. The molecule has 142 valence electrons. The first kappa shape index (κ1) is 18.6. The Morgan fingerprint density at radius 2 is 2.19 bits per heavy atom. The third-order valence-electron chi connectivity index (χ3n) is 3.84. The number of aromatic amines is 1. The molecule has 2 heterocycles. The third-order valence-corrected chi connectivity index (χ3v) is 4.48. The van der Waals surface area contributed by atoms with Crippen LogP contribution in [-0.2, 0) is 11.2 Å². The van der Waals surface area contributed by atoms with E-state index in [2.05, 4.69) is 25.2 Å². The van der Waals surface area contributed by atoms with Crippen molar-refractivity contribution in [2.45, 2.75) is 13.3 Å². The average molecular weight is 389 g/mol. The molecule has 0 aliphatic carbocycles. The molecule has 10 heteroatoms. The van der Waals surface area contributed by atoms with E-state index in [1.54, 1.807) is 14.0 Å². The lowest BCUT2D eigenvalue weighted by molar-refractivity contribution is 0.0520. The van der Waals surface area contributed by atoms with Gasteiger partial charge >= 0.3 is 12.0 Å². The van der Waals surface area contributed by atoms with Crippen LogP contribution in [0.15, 0.2) is 24.4 Å². The monoisotopic (exact) mass is 389 g/mol. The van der Waals surface area contributed by atoms with Crippen molar-refractivity contribution in [3.63, 3.8) is 0 Å². The summed E-state index contributed by atoms with van der Waals surface area (Å²) in [6, 6.07) is 5.35. The minimum atomic E-state index is -0.616. The molecule has 0 saturated heterocycles. The van der Waals surface area contributed by atoms with Gasteiger partial charge in [-0.05, 0) is 37.1 Å². The minimum Gasteiger partial charge on any atom is -0.497 e. The highest BCUT2D eigenvalue weighted by atomic mass is 32.1. The smallest absolute Gasteiger partial charge is 0.362 e. The van der Waals surface area contributed by atoms with Crippen LogP contribution in [0, 0.1) is 0 Å². The van der Waals surface area contributed by atoms with Crippen molar-refractivity contribution in [1.82, 2.24) is 19.9 Å². The number of carbonyl (C=O) groups is 2. The largest absolute Gasteiger partial charge is 0.497 e. The average Bonchev–Trinajstić information content (AvgIpc) is 3.28. The maximum absolute atomic E-state index is 12.1. The van der Waals surface area contributed by atoms with E-state index in [9.17, 15) is 9.59 Å². The number of amides is 2. The van der Waals surface area contributed by atoms with E-state index < -0.39 is 12.0 Å². The van der Waals surface area contributed by atoms with Crippen molar-refractivity contribution in [3.05, 3.63) is 35.7 Å². The Labute approximate surface area is 159 Å². The van der Waals surface area contributed by atoms with Crippen molar-refractivity contribution in [3.8, 4) is 5.75 Å². The van der Waals surface area contributed by atoms with Gasteiger partial charge < -0.3 is 19.8 Å². The van der Waals surface area contributed by atoms with Gasteiger partial charge in [-0.1, -0.05) is 4.49 Å². The van der Waals surface area contributed by atoms with E-state index in [1.165, 1.54) is 0 Å². The number of benzene rings is 1. The van der Waals surface area contributed by atoms with Crippen LogP contribution in [0.3, 0.4) is 0 Å². The maximum atomic E-state index is 12.1. The number of aromatic nitrogens is 3. The zero-order chi connectivity index (χ0) is 19.2. The molecule has 9 nitrogen and oxygen atoms in total. The molecule has 3 N–H and O–H groups in total. The number of methoxy groups -OCH3 is 1. The summed E-state index contributed by atoms with van der Waals surface area (Å²) in [5.41, 5.74) is 2.07. The highest BCUT2D eigenvalue weighted by Gasteiger charge is 2.19. The Morgan fingerprint density at radius 3 is 2.96 bits per heavy atom. The summed E-state index contributed by atoms with van der Waals surface area (Å²) in [4.78, 5) is 27.0. The Balaban J connectivity index is 1.56. The summed E-state index contributed by atoms with van der Waals surface area (Å²) in [7, 11) is 1.62. The fourth-order valence-corrected chi connectivity index (χ4v) is 3.11. The first-order valence-corrected chi connectivity index (χ1v) is 9.08. The van der Waals surface area contributed by atoms with E-state index in [0.29, 0.717) is 13.0 Å². The third kappa shape index (κ3) is 4.34. The predicted octanol–water partition coefficient (Wildman–Crippen LogP) is 2.57. The molecule has 0 aliphatic heterocycles. The summed E-state index contributed by atoms with van der Waals surface area (Å²) in [5, 5.41) is 10.3. The van der Waals surface area contributed by atoms with Crippen molar-refractivity contribution >= 4 is 39.4 Å². The van der Waals surface area contributed by atoms with Crippen molar-refractivity contribution in [2.75, 3.05) is 25.6 Å². The van der Waals surface area contributed by atoms with Gasteiger partial charge in [0.05, 0.1) is 13.7 Å². The van der Waals surface area contributed by atoms with Gasteiger partial charge in [0.25, 0.3) is 0 Å². The number of ether oxygens (including phenoxy) is 2. The van der Waals surface area contributed by atoms with Crippen molar-refractivity contribution < 1.29 is 19.1 Å². The number of carbonyl (C=O) groups excluding carboxylic acids is 2. The van der Waals surface area contributed by atoms with Gasteiger partial charge in [0.15, 0.2) is 5.00 Å². The highest BCUT2D eigenvalue weighted by molar-refractivity contribution is 7.10. The molecule has 0 unspecified atom stereocenters. The summed E-state index contributed by atoms with van der Waals surface area (Å²) < 4.78 is 13.8. The molecule has 0 aliphatic rings. The van der Waals surface area contributed by atoms with Gasteiger partial charge in [0.2, 0.25) is 5.69 Å². The molecule has 1 aromatic carbocycles. The van der Waals surface area contributed by atoms with E-state index >= 15 is 0 Å². The van der Waals surface area contributed by atoms with Crippen LogP contribution < -0.4 is 15.4 Å². The maximum Gasteiger partial charge on any atom is 0.362 e. The second-order valence-corrected chi connectivity index (χ2v) is 6.28. The van der Waals surface area contributed by atoms with Gasteiger partial charge in [-0.2, -0.15) is 0 Å². The topological polar surface area (TPSA) is 118 Å². The van der Waals surface area contributed by atoms with Gasteiger partial charge in [-0.3, -0.25) is 5.32 Å². The van der Waals surface area contributed by atoms with E-state index in [-0.39, 0.29) is 17.3 Å². The van der Waals surface area contributed by atoms with E-state index in [1.807, 2.05) is 24.4 Å². The lowest BCUT2D eigenvalue weighted by atomic mass is 10.1. The Morgan fingerprint density at radius 1 is 1.33 bits per heavy atom. The summed E-state index contributed by atoms with van der Waals surface area (Å²) in [5.74, 6) is 0.160. The fourth-order valence-electron chi connectivity index (χ4n) is 2.56. The number of anilines is 1. The first-order valence-electron chi connectivity index (χ1n) is 8.30. The number of esters is 1. The zero-order valence-corrected chi connectivity index (χ0v) is 15.7. The van der Waals surface area contributed by atoms with Crippen LogP contribution in [0.1, 0.15) is 23.0 Å². The molecule has 27 heavy (non-hydrogen) atoms. The number of nitrogens with one attached hydrogen (secondary N) is 3. The van der Waals surface area contributed by atoms with Crippen LogP contribution >= 0.6 is 11.5 Å². The molecular weight excluding hydrogens is 370 g/mol. The zero-order valence-electron chi connectivity index (χ0n) is 14.9. The van der Waals surface area contributed by atoms with Crippen LogP contribution in [0.5, 0.6) is 5.75 Å². The second-order valence-electron chi connectivity index (χ2n) is 5.53. The van der Waals surface area contributed by atoms with Crippen molar-refractivity contribution in [2.24, 2.45) is 0 Å². The lowest BCUT2D eigenvalue weighted by Crippen LogP contribution is -2.30. The quantitative estimate of drug-likeness (QED) is 0.535. The van der Waals surface area contributed by atoms with Gasteiger partial charge in [0.1, 0.15) is 5.75 Å². The Kier molecular flexibility index (Phi) is 5.87. The SMILES string of the molecule is CCOC(=O)c1nnsc1NC(=O)NCCc1c[nH]c2ccc(OC)cc12. The van der Waals surface area contributed by atoms with Crippen molar-refractivity contribution in [1.29, 1.82) is 0 Å². The van der Waals surface area contributed by atoms with Gasteiger partial charge in [0, 0.05) is 35.2 Å². The number of fused-ring (bicyclic) bond motifs is 1. The molecular formula is C17H19N5O4S. The van der Waals surface area contributed by atoms with Gasteiger partial charge in [-0.15, -0.1) is 5.10 Å². The number of nitrogens with zero attached hydrogens (tertiary/aromatic N) is 2. The molecule has 0 radical (unpaired) electrons. The number of H-pyrrole nitrogens is 1. The summed E-state index contributed by atoms with van der Waals surface area (Å²) >= 11 is 0.916. The number of rotatable bonds is 7. The summed E-state index contributed by atoms with van der Waals surface area (Å²) in [6.45, 7) is 2.33. The molecule has 3 aromatic rings. The first-order chi connectivity index (χ1) is 13.1. The van der Waals surface area contributed by atoms with Crippen LogP contribution in [0.2, 0.25) is 0 Å². The predicted molar refractivity (Wildman–Crippen MR) is 101 cm³/mol. The number of hydrogen-bond donors (Lipinski definition) is 3. The molecule has 0 spiro atoms. The summed E-state index contributed by atoms with van der Waals surface area (Å²) in [6.07, 6.45) is 2.54. The second kappa shape index (κ2) is 8.49. The van der Waals surface area contributed by atoms with Gasteiger partial charge in [-0.25, -0.2) is 9.59 Å². The molecule has 0 fully saturated rings. The molecule has 3 rings (SSSR count). The standard InChI is InChI=1S/C17H19N5O4S/c1-3-26-16(23)14-15(27-22-21-14)20-17(24)18-7-6-10-9-19-13-5-4-11(25-2)8-12(10)13/h4-5,8-9,19H,3,6-7H2,1-2H3,(H2,18,20,24). The Bertz CT molecular complexity index is 952. The van der Waals surface area contributed by atoms with Crippen LogP contribution in [-0.4, -0.2) is 46.8 Å². The molecule has 0 bridgehead atoms. The molecule has 0 atom stereocenters. The van der Waals surface area contributed by atoms with E-state index in [4.69, 9.17) is 9.47 Å². The molecule has 0 saturated carbocycles. The minimum absolute atomic E-state index is 0.000670. The molecule has 2 amide bonds.